The number of likely N-dealkylation sites (tertiary alicyclic amines) is 1. The summed E-state index contributed by atoms with van der Waals surface area (Å²) in [6, 6.07) is 0.187. The highest BCUT2D eigenvalue weighted by Crippen LogP contribution is 2.17. The lowest BCUT2D eigenvalue weighted by Crippen LogP contribution is -2.51. The van der Waals surface area contributed by atoms with Gasteiger partial charge in [0.1, 0.15) is 0 Å². The molecule has 2 atom stereocenters. The van der Waals surface area contributed by atoms with Crippen LogP contribution in [0.1, 0.15) is 27.2 Å². The Kier molecular flexibility index (Phi) is 4.11. The van der Waals surface area contributed by atoms with Gasteiger partial charge in [-0.15, -0.1) is 0 Å². The lowest BCUT2D eigenvalue weighted by molar-refractivity contribution is -0.136. The Balaban J connectivity index is 2.70. The van der Waals surface area contributed by atoms with Crippen molar-refractivity contribution in [3.8, 4) is 0 Å². The lowest BCUT2D eigenvalue weighted by Gasteiger charge is -2.34. The van der Waals surface area contributed by atoms with E-state index in [2.05, 4.69) is 25.8 Å². The quantitative estimate of drug-likeness (QED) is 0.732. The van der Waals surface area contributed by atoms with Crippen LogP contribution in [0.5, 0.6) is 0 Å². The fourth-order valence-corrected chi connectivity index (χ4v) is 2.23. The molecule has 1 heterocycles. The fourth-order valence-electron chi connectivity index (χ4n) is 2.23. The fraction of sp³-hybridized carbons (Fsp3) is 0.909. The van der Waals surface area contributed by atoms with Crippen LogP contribution in [0.2, 0.25) is 0 Å². The average molecular weight is 213 g/mol. The van der Waals surface area contributed by atoms with Crippen LogP contribution in [-0.4, -0.2) is 54.0 Å². The van der Waals surface area contributed by atoms with Gasteiger partial charge in [-0.3, -0.25) is 4.79 Å². The molecule has 0 aromatic rings. The third-order valence-corrected chi connectivity index (χ3v) is 2.96. The molecule has 15 heavy (non-hydrogen) atoms. The molecule has 1 aliphatic heterocycles. The normalized spacial score (nSPS) is 24.5. The monoisotopic (exact) mass is 213 g/mol. The third kappa shape index (κ3) is 2.92. The Labute approximate surface area is 92.4 Å². The van der Waals surface area contributed by atoms with Gasteiger partial charge in [-0.1, -0.05) is 0 Å². The molecular formula is C11H23N3O. The van der Waals surface area contributed by atoms with Crippen molar-refractivity contribution < 1.29 is 4.79 Å². The topological polar surface area (TPSA) is 49.6 Å². The summed E-state index contributed by atoms with van der Waals surface area (Å²) in [5.74, 6) is 0.0744. The number of likely N-dealkylation sites (N-methyl/N-ethyl adjacent to an activating group) is 1. The molecule has 0 aliphatic carbocycles. The predicted molar refractivity (Wildman–Crippen MR) is 61.5 cm³/mol. The molecule has 0 radical (unpaired) electrons. The molecule has 1 rings (SSSR count). The number of amides is 1. The van der Waals surface area contributed by atoms with Crippen molar-refractivity contribution in [1.29, 1.82) is 0 Å². The van der Waals surface area contributed by atoms with Crippen molar-refractivity contribution in [2.45, 2.75) is 45.3 Å². The average Bonchev–Trinajstić information content (AvgIpc) is 2.51. The Morgan fingerprint density at radius 3 is 2.40 bits per heavy atom. The first kappa shape index (κ1) is 12.5. The molecule has 1 fully saturated rings. The van der Waals surface area contributed by atoms with Gasteiger partial charge in [0.15, 0.2) is 0 Å². The molecule has 1 aliphatic rings. The van der Waals surface area contributed by atoms with Crippen LogP contribution >= 0.6 is 0 Å². The standard InChI is InChI=1S/C11H23N3O/c1-8(2)14(11(15)9(3)12)10-5-6-13(4)7-10/h8-10H,5-7,12H2,1-4H3/t9-,10+/m0/s1. The van der Waals surface area contributed by atoms with Crippen molar-refractivity contribution in [3.63, 3.8) is 0 Å². The summed E-state index contributed by atoms with van der Waals surface area (Å²) < 4.78 is 0. The molecule has 0 bridgehead atoms. The van der Waals surface area contributed by atoms with Gasteiger partial charge in [0, 0.05) is 18.6 Å². The number of carbonyl (C=O) groups excluding carboxylic acids is 1. The van der Waals surface area contributed by atoms with Crippen LogP contribution in [0.3, 0.4) is 0 Å². The largest absolute Gasteiger partial charge is 0.335 e. The van der Waals surface area contributed by atoms with Crippen LogP contribution < -0.4 is 5.73 Å². The molecule has 0 saturated carbocycles. The van der Waals surface area contributed by atoms with Crippen LogP contribution in [-0.2, 0) is 4.79 Å². The van der Waals surface area contributed by atoms with E-state index in [0.717, 1.165) is 19.5 Å². The second kappa shape index (κ2) is 4.94. The molecule has 0 spiro atoms. The molecule has 1 amide bonds. The summed E-state index contributed by atoms with van der Waals surface area (Å²) in [6.45, 7) is 7.91. The second-order valence-electron chi connectivity index (χ2n) is 4.83. The van der Waals surface area contributed by atoms with E-state index >= 15 is 0 Å². The maximum Gasteiger partial charge on any atom is 0.239 e. The molecule has 88 valence electrons. The summed E-state index contributed by atoms with van der Waals surface area (Å²) >= 11 is 0. The highest BCUT2D eigenvalue weighted by atomic mass is 16.2. The number of hydrogen-bond acceptors (Lipinski definition) is 3. The van der Waals surface area contributed by atoms with Crippen molar-refractivity contribution in [1.82, 2.24) is 9.80 Å². The van der Waals surface area contributed by atoms with Crippen LogP contribution in [0.4, 0.5) is 0 Å². The Morgan fingerprint density at radius 2 is 2.07 bits per heavy atom. The molecular weight excluding hydrogens is 190 g/mol. The Bertz CT molecular complexity index is 228. The first-order chi connectivity index (χ1) is 6.93. The van der Waals surface area contributed by atoms with Gasteiger partial charge in [-0.05, 0) is 40.8 Å². The van der Waals surface area contributed by atoms with Gasteiger partial charge in [0.05, 0.1) is 6.04 Å². The van der Waals surface area contributed by atoms with Gasteiger partial charge >= 0.3 is 0 Å². The van der Waals surface area contributed by atoms with Gasteiger partial charge in [0.25, 0.3) is 0 Å². The van der Waals surface area contributed by atoms with Crippen LogP contribution in [0.15, 0.2) is 0 Å². The first-order valence-electron chi connectivity index (χ1n) is 5.69. The summed E-state index contributed by atoms with van der Waals surface area (Å²) in [4.78, 5) is 16.2. The zero-order valence-electron chi connectivity index (χ0n) is 10.2. The smallest absolute Gasteiger partial charge is 0.239 e. The molecule has 2 N–H and O–H groups in total. The van der Waals surface area contributed by atoms with Gasteiger partial charge in [-0.2, -0.15) is 0 Å². The number of nitrogens with two attached hydrogens (primary N) is 1. The maximum absolute atomic E-state index is 12.0. The minimum atomic E-state index is -0.390. The number of nitrogens with zero attached hydrogens (tertiary/aromatic N) is 2. The Hall–Kier alpha value is -0.610. The molecule has 4 heteroatoms. The number of rotatable bonds is 3. The summed E-state index contributed by atoms with van der Waals surface area (Å²) in [6.07, 6.45) is 1.06. The van der Waals surface area contributed by atoms with Crippen molar-refractivity contribution in [2.24, 2.45) is 5.73 Å². The molecule has 4 nitrogen and oxygen atoms in total. The number of hydrogen-bond donors (Lipinski definition) is 1. The Morgan fingerprint density at radius 1 is 1.47 bits per heavy atom. The first-order valence-corrected chi connectivity index (χ1v) is 5.69. The number of carbonyl (C=O) groups is 1. The zero-order valence-corrected chi connectivity index (χ0v) is 10.2. The predicted octanol–water partition coefficient (Wildman–Crippen LogP) is 0.275. The van der Waals surface area contributed by atoms with Crippen molar-refractivity contribution in [3.05, 3.63) is 0 Å². The molecule has 1 saturated heterocycles. The van der Waals surface area contributed by atoms with E-state index < -0.39 is 6.04 Å². The summed E-state index contributed by atoms with van der Waals surface area (Å²) in [7, 11) is 2.09. The third-order valence-electron chi connectivity index (χ3n) is 2.96. The van der Waals surface area contributed by atoms with E-state index in [1.165, 1.54) is 0 Å². The van der Waals surface area contributed by atoms with Gasteiger partial charge < -0.3 is 15.5 Å². The van der Waals surface area contributed by atoms with Gasteiger partial charge in [0.2, 0.25) is 5.91 Å². The molecule has 0 aromatic heterocycles. The van der Waals surface area contributed by atoms with E-state index in [-0.39, 0.29) is 11.9 Å². The summed E-state index contributed by atoms with van der Waals surface area (Å²) in [5, 5.41) is 0. The summed E-state index contributed by atoms with van der Waals surface area (Å²) in [5.41, 5.74) is 5.67. The molecule has 0 aromatic carbocycles. The maximum atomic E-state index is 12.0. The minimum Gasteiger partial charge on any atom is -0.335 e. The minimum absolute atomic E-state index is 0.0744. The van der Waals surface area contributed by atoms with E-state index in [0.29, 0.717) is 6.04 Å². The second-order valence-corrected chi connectivity index (χ2v) is 4.83. The van der Waals surface area contributed by atoms with Gasteiger partial charge in [-0.25, -0.2) is 0 Å². The molecule has 0 unspecified atom stereocenters. The van der Waals surface area contributed by atoms with Crippen LogP contribution in [0.25, 0.3) is 0 Å². The van der Waals surface area contributed by atoms with Crippen molar-refractivity contribution in [2.75, 3.05) is 20.1 Å². The van der Waals surface area contributed by atoms with E-state index in [1.807, 2.05) is 4.90 Å². The SMILES string of the molecule is CC(C)N(C(=O)[C@H](C)N)[C@@H]1CCN(C)C1. The van der Waals surface area contributed by atoms with E-state index in [9.17, 15) is 4.79 Å². The van der Waals surface area contributed by atoms with Crippen LogP contribution in [0, 0.1) is 0 Å². The van der Waals surface area contributed by atoms with E-state index in [1.54, 1.807) is 6.92 Å². The highest BCUT2D eigenvalue weighted by Gasteiger charge is 2.31. The van der Waals surface area contributed by atoms with E-state index in [4.69, 9.17) is 5.73 Å². The zero-order chi connectivity index (χ0) is 11.6. The van der Waals surface area contributed by atoms with Crippen molar-refractivity contribution >= 4 is 5.91 Å². The highest BCUT2D eigenvalue weighted by molar-refractivity contribution is 5.81. The lowest BCUT2D eigenvalue weighted by atomic mass is 10.1.